The van der Waals surface area contributed by atoms with Crippen molar-refractivity contribution in [2.24, 2.45) is 0 Å². The molecule has 1 atom stereocenters. The van der Waals surface area contributed by atoms with Crippen molar-refractivity contribution in [2.75, 3.05) is 6.61 Å². The first-order valence-corrected chi connectivity index (χ1v) is 5.60. The van der Waals surface area contributed by atoms with Crippen LogP contribution in [0, 0.1) is 0 Å². The van der Waals surface area contributed by atoms with Crippen LogP contribution >= 0.6 is 0 Å². The van der Waals surface area contributed by atoms with Gasteiger partial charge in [-0.2, -0.15) is 4.98 Å². The van der Waals surface area contributed by atoms with Gasteiger partial charge in [-0.05, 0) is 26.0 Å². The zero-order valence-corrected chi connectivity index (χ0v) is 10.1. The quantitative estimate of drug-likeness (QED) is 0.809. The highest BCUT2D eigenvalue weighted by atomic mass is 16.5. The number of nitrogens with zero attached hydrogens (tertiary/aromatic N) is 2. The molecule has 2 rings (SSSR count). The van der Waals surface area contributed by atoms with Crippen molar-refractivity contribution in [3.63, 3.8) is 0 Å². The van der Waals surface area contributed by atoms with E-state index in [9.17, 15) is 10.2 Å². The summed E-state index contributed by atoms with van der Waals surface area (Å²) in [5.74, 6) is 0.0291. The Balaban J connectivity index is 2.32. The van der Waals surface area contributed by atoms with Crippen LogP contribution in [0.3, 0.4) is 0 Å². The number of rotatable bonds is 4. The normalized spacial score (nSPS) is 12.6. The van der Waals surface area contributed by atoms with Crippen molar-refractivity contribution in [2.45, 2.75) is 20.0 Å². The fraction of sp³-hybridized carbons (Fsp3) is 0.333. The van der Waals surface area contributed by atoms with Crippen LogP contribution in [0.1, 0.15) is 25.8 Å². The maximum absolute atomic E-state index is 9.69. The standard InChI is InChI=1S/C12H14N2O4/c1-3-17-7(2)11-13-12(18-14-11)8-5-4-6-9(15)10(8)16/h4-7,15-16H,3H2,1-2H3. The van der Waals surface area contributed by atoms with E-state index in [1.54, 1.807) is 19.1 Å². The smallest absolute Gasteiger partial charge is 0.261 e. The highest BCUT2D eigenvalue weighted by molar-refractivity contribution is 5.66. The van der Waals surface area contributed by atoms with Crippen molar-refractivity contribution in [3.05, 3.63) is 24.0 Å². The average molecular weight is 250 g/mol. The maximum atomic E-state index is 9.69. The van der Waals surface area contributed by atoms with Crippen LogP contribution in [0.5, 0.6) is 11.5 Å². The number of phenols is 2. The zero-order valence-electron chi connectivity index (χ0n) is 10.1. The average Bonchev–Trinajstić information content (AvgIpc) is 2.82. The Kier molecular flexibility index (Phi) is 3.47. The number of aromatic hydroxyl groups is 2. The van der Waals surface area contributed by atoms with Gasteiger partial charge in [0.05, 0.1) is 5.56 Å². The van der Waals surface area contributed by atoms with Crippen molar-refractivity contribution in [3.8, 4) is 23.0 Å². The summed E-state index contributed by atoms with van der Waals surface area (Å²) in [6, 6.07) is 4.54. The van der Waals surface area contributed by atoms with E-state index in [4.69, 9.17) is 9.26 Å². The van der Waals surface area contributed by atoms with Crippen LogP contribution in [0.2, 0.25) is 0 Å². The van der Waals surface area contributed by atoms with Gasteiger partial charge in [-0.3, -0.25) is 0 Å². The first-order chi connectivity index (χ1) is 8.63. The summed E-state index contributed by atoms with van der Waals surface area (Å²) in [7, 11) is 0. The van der Waals surface area contributed by atoms with E-state index in [0.29, 0.717) is 12.4 Å². The van der Waals surface area contributed by atoms with E-state index < -0.39 is 0 Å². The Morgan fingerprint density at radius 1 is 1.39 bits per heavy atom. The van der Waals surface area contributed by atoms with Gasteiger partial charge in [-0.1, -0.05) is 11.2 Å². The van der Waals surface area contributed by atoms with E-state index >= 15 is 0 Å². The molecule has 96 valence electrons. The minimum atomic E-state index is -0.285. The van der Waals surface area contributed by atoms with Crippen molar-refractivity contribution in [1.82, 2.24) is 10.1 Å². The number of benzene rings is 1. The van der Waals surface area contributed by atoms with Gasteiger partial charge in [0.1, 0.15) is 6.10 Å². The van der Waals surface area contributed by atoms with Gasteiger partial charge in [-0.25, -0.2) is 0 Å². The molecule has 6 nitrogen and oxygen atoms in total. The Labute approximate surface area is 104 Å². The van der Waals surface area contributed by atoms with E-state index in [2.05, 4.69) is 10.1 Å². The van der Waals surface area contributed by atoms with Gasteiger partial charge >= 0.3 is 0 Å². The topological polar surface area (TPSA) is 88.6 Å². The fourth-order valence-electron chi connectivity index (χ4n) is 1.54. The van der Waals surface area contributed by atoms with Gasteiger partial charge in [0.25, 0.3) is 5.89 Å². The number of para-hydroxylation sites is 1. The molecule has 0 aliphatic carbocycles. The summed E-state index contributed by atoms with van der Waals surface area (Å²) in [4.78, 5) is 4.13. The third-order valence-electron chi connectivity index (χ3n) is 2.47. The van der Waals surface area contributed by atoms with Crippen LogP contribution in [0.15, 0.2) is 22.7 Å². The lowest BCUT2D eigenvalue weighted by atomic mass is 10.2. The van der Waals surface area contributed by atoms with Crippen LogP contribution in [0.4, 0.5) is 0 Å². The highest BCUT2D eigenvalue weighted by Crippen LogP contribution is 2.35. The fourth-order valence-corrected chi connectivity index (χ4v) is 1.54. The monoisotopic (exact) mass is 250 g/mol. The molecule has 0 spiro atoms. The molecule has 0 aliphatic rings. The second-order valence-corrected chi connectivity index (χ2v) is 3.73. The molecule has 1 unspecified atom stereocenters. The molecule has 18 heavy (non-hydrogen) atoms. The summed E-state index contributed by atoms with van der Waals surface area (Å²) < 4.78 is 10.4. The minimum absolute atomic E-state index is 0.143. The summed E-state index contributed by atoms with van der Waals surface area (Å²) in [5, 5.41) is 22.9. The molecule has 0 bridgehead atoms. The lowest BCUT2D eigenvalue weighted by molar-refractivity contribution is 0.0683. The molecule has 6 heteroatoms. The number of hydrogen-bond acceptors (Lipinski definition) is 6. The molecule has 1 heterocycles. The van der Waals surface area contributed by atoms with Crippen LogP contribution in [-0.2, 0) is 4.74 Å². The van der Waals surface area contributed by atoms with E-state index in [1.807, 2.05) is 6.92 Å². The minimum Gasteiger partial charge on any atom is -0.504 e. The Morgan fingerprint density at radius 2 is 2.17 bits per heavy atom. The predicted molar refractivity (Wildman–Crippen MR) is 63.1 cm³/mol. The van der Waals surface area contributed by atoms with E-state index in [-0.39, 0.29) is 29.1 Å². The summed E-state index contributed by atoms with van der Waals surface area (Å²) in [5.41, 5.74) is 0.289. The largest absolute Gasteiger partial charge is 0.504 e. The molecule has 2 N–H and O–H groups in total. The molecule has 0 saturated heterocycles. The lowest BCUT2D eigenvalue weighted by Gasteiger charge is -2.04. The van der Waals surface area contributed by atoms with Crippen LogP contribution in [0.25, 0.3) is 11.5 Å². The SMILES string of the molecule is CCOC(C)c1noc(-c2cccc(O)c2O)n1. The molecule has 0 radical (unpaired) electrons. The molecule has 0 aliphatic heterocycles. The van der Waals surface area contributed by atoms with Crippen molar-refractivity contribution >= 4 is 0 Å². The van der Waals surface area contributed by atoms with E-state index in [0.717, 1.165) is 0 Å². The number of aromatic nitrogens is 2. The molecular weight excluding hydrogens is 236 g/mol. The molecular formula is C12H14N2O4. The number of ether oxygens (including phenoxy) is 1. The molecule has 1 aromatic carbocycles. The van der Waals surface area contributed by atoms with Gasteiger partial charge in [-0.15, -0.1) is 0 Å². The van der Waals surface area contributed by atoms with E-state index in [1.165, 1.54) is 6.07 Å². The second-order valence-electron chi connectivity index (χ2n) is 3.73. The lowest BCUT2D eigenvalue weighted by Crippen LogP contribution is -2.01. The molecule has 0 fully saturated rings. The summed E-state index contributed by atoms with van der Waals surface area (Å²) in [6.45, 7) is 4.22. The molecule has 1 aromatic heterocycles. The summed E-state index contributed by atoms with van der Waals surface area (Å²) in [6.07, 6.45) is -0.285. The zero-order chi connectivity index (χ0) is 13.1. The van der Waals surface area contributed by atoms with Crippen molar-refractivity contribution in [1.29, 1.82) is 0 Å². The first-order valence-electron chi connectivity index (χ1n) is 5.60. The Hall–Kier alpha value is -2.08. The predicted octanol–water partition coefficient (Wildman–Crippen LogP) is 2.25. The third kappa shape index (κ3) is 2.28. The Morgan fingerprint density at radius 3 is 2.89 bits per heavy atom. The highest BCUT2D eigenvalue weighted by Gasteiger charge is 2.18. The van der Waals surface area contributed by atoms with Crippen LogP contribution in [-0.4, -0.2) is 27.0 Å². The van der Waals surface area contributed by atoms with Gasteiger partial charge in [0.2, 0.25) is 5.82 Å². The molecule has 0 amide bonds. The van der Waals surface area contributed by atoms with Gasteiger partial charge in [0, 0.05) is 6.61 Å². The Bertz CT molecular complexity index is 539. The van der Waals surface area contributed by atoms with Crippen LogP contribution < -0.4 is 0 Å². The molecule has 0 saturated carbocycles. The third-order valence-corrected chi connectivity index (χ3v) is 2.47. The van der Waals surface area contributed by atoms with Gasteiger partial charge in [0.15, 0.2) is 11.5 Å². The molecule has 2 aromatic rings. The van der Waals surface area contributed by atoms with Crippen molar-refractivity contribution < 1.29 is 19.5 Å². The summed E-state index contributed by atoms with van der Waals surface area (Å²) >= 11 is 0. The van der Waals surface area contributed by atoms with Gasteiger partial charge < -0.3 is 19.5 Å². The number of phenolic OH excluding ortho intramolecular Hbond substituents is 2. The number of hydrogen-bond donors (Lipinski definition) is 2. The maximum Gasteiger partial charge on any atom is 0.261 e. The second kappa shape index (κ2) is 5.05. The first kappa shape index (κ1) is 12.4.